The lowest BCUT2D eigenvalue weighted by Gasteiger charge is -2.12. The number of hydrogen-bond acceptors (Lipinski definition) is 4. The van der Waals surface area contributed by atoms with Crippen LogP contribution in [0, 0.1) is 0 Å². The van der Waals surface area contributed by atoms with Gasteiger partial charge in [-0.05, 0) is 34.1 Å². The van der Waals surface area contributed by atoms with Crippen LogP contribution in [-0.2, 0) is 0 Å². The maximum atomic E-state index is 11.4. The summed E-state index contributed by atoms with van der Waals surface area (Å²) in [5, 5.41) is 12.4. The number of aromatic nitrogens is 2. The third-order valence-corrected chi connectivity index (χ3v) is 3.88. The lowest BCUT2D eigenvalue weighted by molar-refractivity contribution is 0.0691. The zero-order valence-electron chi connectivity index (χ0n) is 11.4. The Morgan fingerprint density at radius 1 is 1.29 bits per heavy atom. The number of rotatable bonds is 4. The molecule has 2 N–H and O–H groups in total. The van der Waals surface area contributed by atoms with Gasteiger partial charge in [0.1, 0.15) is 5.82 Å². The first-order chi connectivity index (χ1) is 9.88. The van der Waals surface area contributed by atoms with Crippen LogP contribution in [0.4, 0.5) is 11.4 Å². The SMILES string of the molecule is CC(C)c1ncc(Nc2ccc(Br)cc2Br)c(C(=O)O)n1. The average Bonchev–Trinajstić information content (AvgIpc) is 2.41. The summed E-state index contributed by atoms with van der Waals surface area (Å²) in [4.78, 5) is 19.7. The summed E-state index contributed by atoms with van der Waals surface area (Å²) < 4.78 is 1.73. The number of carboxylic acid groups (broad SMARTS) is 1. The van der Waals surface area contributed by atoms with Crippen molar-refractivity contribution >= 4 is 49.2 Å². The van der Waals surface area contributed by atoms with Gasteiger partial charge in [0.05, 0.1) is 17.6 Å². The lowest BCUT2D eigenvalue weighted by Crippen LogP contribution is -2.10. The van der Waals surface area contributed by atoms with Gasteiger partial charge in [-0.15, -0.1) is 0 Å². The summed E-state index contributed by atoms with van der Waals surface area (Å²) in [6.45, 7) is 3.83. The summed E-state index contributed by atoms with van der Waals surface area (Å²) >= 11 is 6.79. The first-order valence-electron chi connectivity index (χ1n) is 6.20. The third kappa shape index (κ3) is 3.79. The van der Waals surface area contributed by atoms with Crippen molar-refractivity contribution in [1.82, 2.24) is 9.97 Å². The van der Waals surface area contributed by atoms with Gasteiger partial charge in [-0.2, -0.15) is 0 Å². The van der Waals surface area contributed by atoms with E-state index < -0.39 is 5.97 Å². The number of benzene rings is 1. The van der Waals surface area contributed by atoms with Crippen LogP contribution in [0.25, 0.3) is 0 Å². The van der Waals surface area contributed by atoms with Gasteiger partial charge >= 0.3 is 5.97 Å². The molecule has 1 heterocycles. The zero-order valence-corrected chi connectivity index (χ0v) is 14.6. The quantitative estimate of drug-likeness (QED) is 0.766. The molecule has 2 rings (SSSR count). The van der Waals surface area contributed by atoms with Crippen LogP contribution in [0.2, 0.25) is 0 Å². The minimum atomic E-state index is -1.09. The van der Waals surface area contributed by atoms with Crippen LogP contribution in [0.5, 0.6) is 0 Å². The summed E-state index contributed by atoms with van der Waals surface area (Å²) in [6.07, 6.45) is 1.50. The molecule has 0 saturated heterocycles. The van der Waals surface area contributed by atoms with E-state index >= 15 is 0 Å². The highest BCUT2D eigenvalue weighted by Crippen LogP contribution is 2.29. The second kappa shape index (κ2) is 6.53. The van der Waals surface area contributed by atoms with Crippen LogP contribution in [0.1, 0.15) is 36.1 Å². The summed E-state index contributed by atoms with van der Waals surface area (Å²) in [5.74, 6) is -0.514. The van der Waals surface area contributed by atoms with Gasteiger partial charge in [-0.25, -0.2) is 14.8 Å². The van der Waals surface area contributed by atoms with Gasteiger partial charge < -0.3 is 10.4 Å². The van der Waals surface area contributed by atoms with E-state index in [0.29, 0.717) is 11.5 Å². The molecule has 0 unspecified atom stereocenters. The van der Waals surface area contributed by atoms with E-state index in [1.54, 1.807) is 0 Å². The van der Waals surface area contributed by atoms with Crippen molar-refractivity contribution in [2.75, 3.05) is 5.32 Å². The monoisotopic (exact) mass is 413 g/mol. The van der Waals surface area contributed by atoms with Crippen molar-refractivity contribution in [1.29, 1.82) is 0 Å². The smallest absolute Gasteiger partial charge is 0.356 e. The van der Waals surface area contributed by atoms with E-state index in [1.165, 1.54) is 6.20 Å². The largest absolute Gasteiger partial charge is 0.476 e. The highest BCUT2D eigenvalue weighted by Gasteiger charge is 2.16. The van der Waals surface area contributed by atoms with Crippen LogP contribution < -0.4 is 5.32 Å². The number of nitrogens with one attached hydrogen (secondary N) is 1. The predicted molar refractivity (Wildman–Crippen MR) is 88.2 cm³/mol. The number of nitrogens with zero attached hydrogens (tertiary/aromatic N) is 2. The Bertz CT molecular complexity index is 690. The van der Waals surface area contributed by atoms with Crippen molar-refractivity contribution < 1.29 is 9.90 Å². The molecule has 0 aliphatic carbocycles. The number of hydrogen-bond donors (Lipinski definition) is 2. The first kappa shape index (κ1) is 15.9. The number of anilines is 2. The fourth-order valence-corrected chi connectivity index (χ4v) is 2.81. The van der Waals surface area contributed by atoms with Gasteiger partial charge in [-0.1, -0.05) is 29.8 Å². The molecule has 0 saturated carbocycles. The van der Waals surface area contributed by atoms with Crippen molar-refractivity contribution in [2.45, 2.75) is 19.8 Å². The van der Waals surface area contributed by atoms with E-state index in [1.807, 2.05) is 32.0 Å². The Morgan fingerprint density at radius 3 is 2.57 bits per heavy atom. The molecular formula is C14H13Br2N3O2. The van der Waals surface area contributed by atoms with E-state index in [-0.39, 0.29) is 11.6 Å². The molecule has 110 valence electrons. The van der Waals surface area contributed by atoms with Gasteiger partial charge in [0, 0.05) is 14.9 Å². The molecule has 0 atom stereocenters. The number of aromatic carboxylic acids is 1. The van der Waals surface area contributed by atoms with Gasteiger partial charge in [0.25, 0.3) is 0 Å². The molecule has 5 nitrogen and oxygen atoms in total. The Morgan fingerprint density at radius 2 is 2.00 bits per heavy atom. The number of halogens is 2. The second-order valence-electron chi connectivity index (χ2n) is 4.70. The molecule has 0 aliphatic heterocycles. The molecule has 0 amide bonds. The maximum Gasteiger partial charge on any atom is 0.356 e. The zero-order chi connectivity index (χ0) is 15.6. The average molecular weight is 415 g/mol. The Kier molecular flexibility index (Phi) is 4.95. The van der Waals surface area contributed by atoms with Gasteiger partial charge in [0.2, 0.25) is 0 Å². The van der Waals surface area contributed by atoms with Crippen molar-refractivity contribution in [3.05, 3.63) is 44.9 Å². The maximum absolute atomic E-state index is 11.4. The van der Waals surface area contributed by atoms with E-state index in [4.69, 9.17) is 0 Å². The van der Waals surface area contributed by atoms with E-state index in [0.717, 1.165) is 14.6 Å². The molecule has 0 bridgehead atoms. The summed E-state index contributed by atoms with van der Waals surface area (Å²) in [7, 11) is 0. The van der Waals surface area contributed by atoms with Crippen molar-refractivity contribution in [3.8, 4) is 0 Å². The fourth-order valence-electron chi connectivity index (χ4n) is 1.66. The highest BCUT2D eigenvalue weighted by atomic mass is 79.9. The fraction of sp³-hybridized carbons (Fsp3) is 0.214. The molecule has 2 aromatic rings. The Labute approximate surface area is 139 Å². The van der Waals surface area contributed by atoms with Crippen LogP contribution in [-0.4, -0.2) is 21.0 Å². The number of carboxylic acids is 1. The molecule has 21 heavy (non-hydrogen) atoms. The van der Waals surface area contributed by atoms with Crippen molar-refractivity contribution in [3.63, 3.8) is 0 Å². The summed E-state index contributed by atoms with van der Waals surface area (Å²) in [6, 6.07) is 5.55. The third-order valence-electron chi connectivity index (χ3n) is 2.73. The van der Waals surface area contributed by atoms with Gasteiger partial charge in [0.15, 0.2) is 5.69 Å². The lowest BCUT2D eigenvalue weighted by atomic mass is 10.2. The highest BCUT2D eigenvalue weighted by molar-refractivity contribution is 9.11. The molecule has 0 fully saturated rings. The molecule has 1 aromatic carbocycles. The standard InChI is InChI=1S/C14H13Br2N3O2/c1-7(2)13-17-6-11(12(19-13)14(20)21)18-10-4-3-8(15)5-9(10)16/h3-7,18H,1-2H3,(H,20,21). The molecule has 7 heteroatoms. The van der Waals surface area contributed by atoms with Crippen LogP contribution in [0.3, 0.4) is 0 Å². The Hall–Kier alpha value is -1.47. The first-order valence-corrected chi connectivity index (χ1v) is 7.79. The topological polar surface area (TPSA) is 75.1 Å². The molecule has 0 aliphatic rings. The molecule has 0 spiro atoms. The predicted octanol–water partition coefficient (Wildman–Crippen LogP) is 4.57. The van der Waals surface area contributed by atoms with Crippen molar-refractivity contribution in [2.24, 2.45) is 0 Å². The van der Waals surface area contributed by atoms with E-state index in [2.05, 4.69) is 47.1 Å². The molecule has 0 radical (unpaired) electrons. The van der Waals surface area contributed by atoms with Gasteiger partial charge in [-0.3, -0.25) is 0 Å². The van der Waals surface area contributed by atoms with Crippen LogP contribution in [0.15, 0.2) is 33.3 Å². The minimum Gasteiger partial charge on any atom is -0.476 e. The molecular weight excluding hydrogens is 402 g/mol. The normalized spacial score (nSPS) is 10.7. The van der Waals surface area contributed by atoms with Crippen LogP contribution >= 0.6 is 31.9 Å². The van der Waals surface area contributed by atoms with E-state index in [9.17, 15) is 9.90 Å². The minimum absolute atomic E-state index is 0.0384. The number of carbonyl (C=O) groups is 1. The Balaban J connectivity index is 2.41. The summed E-state index contributed by atoms with van der Waals surface area (Å²) in [5.41, 5.74) is 1.06. The molecule has 1 aromatic heterocycles. The second-order valence-corrected chi connectivity index (χ2v) is 6.47.